The molecule has 1 fully saturated rings. The van der Waals surface area contributed by atoms with Gasteiger partial charge in [0.15, 0.2) is 11.5 Å². The monoisotopic (exact) mass is 570 g/mol. The van der Waals surface area contributed by atoms with Gasteiger partial charge in [-0.05, 0) is 42.5 Å². The largest absolute Gasteiger partial charge is 0.493 e. The van der Waals surface area contributed by atoms with Crippen molar-refractivity contribution in [2.45, 2.75) is 64.3 Å². The molecule has 42 heavy (non-hydrogen) atoms. The molecule has 1 N–H and O–H groups in total. The molecule has 1 saturated carbocycles. The Morgan fingerprint density at radius 1 is 0.952 bits per heavy atom. The van der Waals surface area contributed by atoms with Gasteiger partial charge in [-0.15, -0.1) is 0 Å². The summed E-state index contributed by atoms with van der Waals surface area (Å²) in [6.07, 6.45) is 3.84. The Kier molecular flexibility index (Phi) is 9.41. The highest BCUT2D eigenvalue weighted by atomic mass is 16.5. The lowest BCUT2D eigenvalue weighted by Crippen LogP contribution is -2.53. The van der Waals surface area contributed by atoms with Gasteiger partial charge in [0, 0.05) is 24.4 Å². The molecule has 2 atom stereocenters. The highest BCUT2D eigenvalue weighted by Gasteiger charge is 2.41. The van der Waals surface area contributed by atoms with Gasteiger partial charge >= 0.3 is 5.97 Å². The van der Waals surface area contributed by atoms with Gasteiger partial charge in [-0.1, -0.05) is 79.6 Å². The molecule has 0 spiro atoms. The number of amides is 2. The van der Waals surface area contributed by atoms with E-state index in [4.69, 9.17) is 14.2 Å². The molecular formula is C34H38N2O6. The van der Waals surface area contributed by atoms with Crippen LogP contribution in [-0.4, -0.2) is 42.4 Å². The van der Waals surface area contributed by atoms with E-state index >= 15 is 0 Å². The number of rotatable bonds is 10. The van der Waals surface area contributed by atoms with E-state index in [-0.39, 0.29) is 37.3 Å². The first-order valence-corrected chi connectivity index (χ1v) is 14.7. The number of nitrogens with one attached hydrogen (secondary N) is 1. The molecule has 8 heteroatoms. The van der Waals surface area contributed by atoms with Crippen molar-refractivity contribution in [2.24, 2.45) is 5.92 Å². The topological polar surface area (TPSA) is 94.2 Å². The molecule has 1 aliphatic heterocycles. The van der Waals surface area contributed by atoms with Crippen LogP contribution in [0.1, 0.15) is 60.9 Å². The Morgan fingerprint density at radius 2 is 1.64 bits per heavy atom. The fourth-order valence-electron chi connectivity index (χ4n) is 5.89. The van der Waals surface area contributed by atoms with E-state index in [0.717, 1.165) is 42.4 Å². The van der Waals surface area contributed by atoms with Crippen molar-refractivity contribution >= 4 is 17.8 Å². The van der Waals surface area contributed by atoms with Crippen molar-refractivity contribution in [3.63, 3.8) is 0 Å². The molecule has 2 amide bonds. The van der Waals surface area contributed by atoms with Gasteiger partial charge in [0.1, 0.15) is 18.7 Å². The van der Waals surface area contributed by atoms with Crippen molar-refractivity contribution in [3.05, 3.63) is 95.1 Å². The van der Waals surface area contributed by atoms with E-state index in [9.17, 15) is 14.4 Å². The zero-order valence-corrected chi connectivity index (χ0v) is 24.2. The quantitative estimate of drug-likeness (QED) is 0.340. The smallest absolute Gasteiger partial charge is 0.329 e. The Morgan fingerprint density at radius 3 is 2.31 bits per heavy atom. The molecule has 3 aromatic carbocycles. The second-order valence-electron chi connectivity index (χ2n) is 10.8. The lowest BCUT2D eigenvalue weighted by atomic mass is 9.91. The standard InChI is InChI=1S/C34H38N2O6/c1-3-41-34(39)28-20-27-26(18-19-29(40-2)31(27)42-22-23-12-6-4-7-13-23)21-36(28)33(38)30(24-14-8-5-9-15-24)35-32(37)25-16-10-11-17-25/h4-9,12-15,18-19,25,28,30H,3,10-11,16-17,20-22H2,1-2H3,(H,35,37). The third-order valence-electron chi connectivity index (χ3n) is 8.12. The van der Waals surface area contributed by atoms with Gasteiger partial charge in [-0.25, -0.2) is 4.79 Å². The van der Waals surface area contributed by atoms with E-state index < -0.39 is 18.1 Å². The predicted molar refractivity (Wildman–Crippen MR) is 158 cm³/mol. The zero-order valence-electron chi connectivity index (χ0n) is 24.2. The van der Waals surface area contributed by atoms with Crippen LogP contribution in [0.5, 0.6) is 11.5 Å². The summed E-state index contributed by atoms with van der Waals surface area (Å²) in [5, 5.41) is 3.03. The van der Waals surface area contributed by atoms with E-state index in [1.807, 2.05) is 72.8 Å². The fourth-order valence-corrected chi connectivity index (χ4v) is 5.89. The Bertz CT molecular complexity index is 1390. The first-order chi connectivity index (χ1) is 20.5. The lowest BCUT2D eigenvalue weighted by Gasteiger charge is -2.38. The first kappa shape index (κ1) is 29.2. The van der Waals surface area contributed by atoms with Crippen LogP contribution in [0.4, 0.5) is 0 Å². The summed E-state index contributed by atoms with van der Waals surface area (Å²) < 4.78 is 17.4. The van der Waals surface area contributed by atoms with E-state index in [1.54, 1.807) is 18.9 Å². The summed E-state index contributed by atoms with van der Waals surface area (Å²) in [5.74, 6) is 0.0263. The van der Waals surface area contributed by atoms with Crippen LogP contribution in [0.25, 0.3) is 0 Å². The van der Waals surface area contributed by atoms with E-state index in [1.165, 1.54) is 0 Å². The molecule has 0 radical (unpaired) electrons. The van der Waals surface area contributed by atoms with Gasteiger partial charge in [-0.2, -0.15) is 0 Å². The molecule has 0 aromatic heterocycles. The normalized spacial score (nSPS) is 17.2. The number of methoxy groups -OCH3 is 1. The maximum Gasteiger partial charge on any atom is 0.329 e. The third kappa shape index (κ3) is 6.43. The number of esters is 1. The minimum atomic E-state index is -0.926. The number of ether oxygens (including phenoxy) is 3. The second kappa shape index (κ2) is 13.6. The van der Waals surface area contributed by atoms with Gasteiger partial charge < -0.3 is 24.4 Å². The van der Waals surface area contributed by atoms with Crippen molar-refractivity contribution in [1.29, 1.82) is 0 Å². The van der Waals surface area contributed by atoms with Crippen molar-refractivity contribution < 1.29 is 28.6 Å². The summed E-state index contributed by atoms with van der Waals surface area (Å²) >= 11 is 0. The minimum Gasteiger partial charge on any atom is -0.493 e. The summed E-state index contributed by atoms with van der Waals surface area (Å²) in [7, 11) is 1.58. The van der Waals surface area contributed by atoms with Gasteiger partial charge in [0.2, 0.25) is 5.91 Å². The minimum absolute atomic E-state index is 0.108. The Labute approximate surface area is 247 Å². The number of fused-ring (bicyclic) bond motifs is 1. The number of nitrogens with zero attached hydrogens (tertiary/aromatic N) is 1. The second-order valence-corrected chi connectivity index (χ2v) is 10.8. The molecule has 2 unspecified atom stereocenters. The zero-order chi connectivity index (χ0) is 29.5. The lowest BCUT2D eigenvalue weighted by molar-refractivity contribution is -0.157. The van der Waals surface area contributed by atoms with E-state index in [2.05, 4.69) is 5.32 Å². The molecule has 2 aliphatic rings. The number of carbonyl (C=O) groups excluding carboxylic acids is 3. The van der Waals surface area contributed by atoms with E-state index in [0.29, 0.717) is 23.7 Å². The van der Waals surface area contributed by atoms with Gasteiger partial charge in [0.25, 0.3) is 5.91 Å². The number of hydrogen-bond donors (Lipinski definition) is 1. The molecule has 220 valence electrons. The predicted octanol–water partition coefficient (Wildman–Crippen LogP) is 5.14. The van der Waals surface area contributed by atoms with Crippen molar-refractivity contribution in [2.75, 3.05) is 13.7 Å². The molecule has 5 rings (SSSR count). The van der Waals surface area contributed by atoms with Crippen molar-refractivity contribution in [3.8, 4) is 11.5 Å². The summed E-state index contributed by atoms with van der Waals surface area (Å²) in [6, 6.07) is 20.9. The van der Waals surface area contributed by atoms with Crippen LogP contribution in [0.15, 0.2) is 72.8 Å². The molecule has 0 bridgehead atoms. The SMILES string of the molecule is CCOC(=O)C1Cc2c(ccc(OC)c2OCc2ccccc2)CN1C(=O)C(NC(=O)C1CCCC1)c1ccccc1. The Balaban J connectivity index is 1.48. The molecular weight excluding hydrogens is 532 g/mol. The fraction of sp³-hybridized carbons (Fsp3) is 0.382. The third-order valence-corrected chi connectivity index (χ3v) is 8.12. The van der Waals surface area contributed by atoms with Crippen LogP contribution in [0.3, 0.4) is 0 Å². The molecule has 0 saturated heterocycles. The summed E-state index contributed by atoms with van der Waals surface area (Å²) in [6.45, 7) is 2.41. The average molecular weight is 571 g/mol. The van der Waals surface area contributed by atoms with Crippen LogP contribution in [0.2, 0.25) is 0 Å². The molecule has 8 nitrogen and oxygen atoms in total. The van der Waals surface area contributed by atoms with Gasteiger partial charge in [0.05, 0.1) is 13.7 Å². The first-order valence-electron chi connectivity index (χ1n) is 14.7. The Hall–Kier alpha value is -4.33. The molecule has 1 aliphatic carbocycles. The number of hydrogen-bond acceptors (Lipinski definition) is 6. The molecule has 1 heterocycles. The highest BCUT2D eigenvalue weighted by Crippen LogP contribution is 2.40. The van der Waals surface area contributed by atoms with Crippen LogP contribution in [-0.2, 0) is 38.7 Å². The molecule has 3 aromatic rings. The number of carbonyl (C=O) groups is 3. The van der Waals surface area contributed by atoms with Gasteiger partial charge in [-0.3, -0.25) is 9.59 Å². The number of benzene rings is 3. The summed E-state index contributed by atoms with van der Waals surface area (Å²) in [5.41, 5.74) is 3.32. The van der Waals surface area contributed by atoms with Crippen molar-refractivity contribution in [1.82, 2.24) is 10.2 Å². The van der Waals surface area contributed by atoms with Crippen LogP contribution >= 0.6 is 0 Å². The highest BCUT2D eigenvalue weighted by molar-refractivity contribution is 5.92. The van der Waals surface area contributed by atoms with Crippen LogP contribution in [0, 0.1) is 5.92 Å². The maximum atomic E-state index is 14.3. The van der Waals surface area contributed by atoms with Crippen LogP contribution < -0.4 is 14.8 Å². The maximum absolute atomic E-state index is 14.3. The summed E-state index contributed by atoms with van der Waals surface area (Å²) in [4.78, 5) is 42.5. The average Bonchev–Trinajstić information content (AvgIpc) is 3.58.